The number of amides is 1. The van der Waals surface area contributed by atoms with Gasteiger partial charge in [-0.3, -0.25) is 14.9 Å². The van der Waals surface area contributed by atoms with E-state index in [-0.39, 0.29) is 41.8 Å². The molecular weight excluding hydrogens is 266 g/mol. The molecule has 1 N–H and O–H groups in total. The third kappa shape index (κ3) is 3.45. The summed E-state index contributed by atoms with van der Waals surface area (Å²) >= 11 is 0. The molecule has 1 aromatic heterocycles. The van der Waals surface area contributed by atoms with Crippen molar-refractivity contribution in [1.29, 1.82) is 0 Å². The second-order valence-corrected chi connectivity index (χ2v) is 4.00. The van der Waals surface area contributed by atoms with Crippen molar-refractivity contribution in [3.63, 3.8) is 0 Å². The molecule has 0 aliphatic carbocycles. The summed E-state index contributed by atoms with van der Waals surface area (Å²) in [6.45, 7) is 4.43. The van der Waals surface area contributed by atoms with Crippen molar-refractivity contribution in [3.8, 4) is 0 Å². The monoisotopic (exact) mass is 283 g/mol. The van der Waals surface area contributed by atoms with Crippen LogP contribution in [0.5, 0.6) is 0 Å². The minimum absolute atomic E-state index is 0.0682. The number of carbonyl (C=O) groups excluding carboxylic acids is 3. The Balaban J connectivity index is 3.23. The van der Waals surface area contributed by atoms with Crippen LogP contribution < -0.4 is 5.32 Å². The number of hydrogen-bond donors (Lipinski definition) is 1. The molecule has 1 heterocycles. The molecule has 0 aliphatic heterocycles. The first kappa shape index (κ1) is 15.9. The number of hydrogen-bond acceptors (Lipinski definition) is 6. The van der Waals surface area contributed by atoms with Crippen LogP contribution in [0.2, 0.25) is 0 Å². The maximum Gasteiger partial charge on any atom is 0.344 e. The molecule has 110 valence electrons. The van der Waals surface area contributed by atoms with Gasteiger partial charge in [0.05, 0.1) is 12.2 Å². The Bertz CT molecular complexity index is 531. The predicted molar refractivity (Wildman–Crippen MR) is 69.9 cm³/mol. The fourth-order valence-electron chi connectivity index (χ4n) is 1.75. The molecule has 1 aromatic rings. The number of rotatable bonds is 6. The maximum atomic E-state index is 11.9. The van der Waals surface area contributed by atoms with E-state index in [1.807, 2.05) is 0 Å². The fraction of sp³-hybridized carbons (Fsp3) is 0.462. The first-order valence-corrected chi connectivity index (χ1v) is 6.02. The highest BCUT2D eigenvalue weighted by atomic mass is 16.5. The Morgan fingerprint density at radius 3 is 2.40 bits per heavy atom. The van der Waals surface area contributed by atoms with E-state index < -0.39 is 11.9 Å². The zero-order chi connectivity index (χ0) is 15.3. The number of nitrogens with one attached hydrogen (secondary N) is 1. The van der Waals surface area contributed by atoms with Crippen LogP contribution in [0.1, 0.15) is 40.3 Å². The van der Waals surface area contributed by atoms with E-state index in [4.69, 9.17) is 9.15 Å². The number of Topliss-reactive ketones (excluding diaryl/α,β-unsaturated/α-hetero) is 1. The molecule has 20 heavy (non-hydrogen) atoms. The number of ketones is 1. The van der Waals surface area contributed by atoms with Crippen molar-refractivity contribution in [1.82, 2.24) is 0 Å². The summed E-state index contributed by atoms with van der Waals surface area (Å²) in [4.78, 5) is 35.0. The van der Waals surface area contributed by atoms with Crippen LogP contribution in [0.15, 0.2) is 4.42 Å². The standard InChI is InChI=1S/C13H17NO6/c1-5-19-13(17)11-10(7(2)15)8(3)20-12(11)14-9(16)6-18-4/h5-6H2,1-4H3,(H,14,16). The second-order valence-electron chi connectivity index (χ2n) is 4.00. The number of carbonyl (C=O) groups is 3. The molecule has 0 aromatic carbocycles. The summed E-state index contributed by atoms with van der Waals surface area (Å²) in [5.41, 5.74) is 0.0393. The highest BCUT2D eigenvalue weighted by molar-refractivity contribution is 6.10. The SMILES string of the molecule is CCOC(=O)c1c(NC(=O)COC)oc(C)c1C(C)=O. The average Bonchev–Trinajstić information content (AvgIpc) is 2.66. The molecule has 0 atom stereocenters. The van der Waals surface area contributed by atoms with Crippen LogP contribution in [0.3, 0.4) is 0 Å². The number of furan rings is 1. The fourth-order valence-corrected chi connectivity index (χ4v) is 1.75. The van der Waals surface area contributed by atoms with Gasteiger partial charge in [0.2, 0.25) is 5.88 Å². The van der Waals surface area contributed by atoms with Gasteiger partial charge in [-0.2, -0.15) is 0 Å². The van der Waals surface area contributed by atoms with Crippen molar-refractivity contribution in [3.05, 3.63) is 16.9 Å². The lowest BCUT2D eigenvalue weighted by Gasteiger charge is -2.05. The summed E-state index contributed by atoms with van der Waals surface area (Å²) in [5.74, 6) is -1.42. The van der Waals surface area contributed by atoms with Gasteiger partial charge in [-0.05, 0) is 20.8 Å². The van der Waals surface area contributed by atoms with Crippen molar-refractivity contribution < 1.29 is 28.3 Å². The van der Waals surface area contributed by atoms with Crippen molar-refractivity contribution in [2.45, 2.75) is 20.8 Å². The molecule has 1 rings (SSSR count). The van der Waals surface area contributed by atoms with Crippen LogP contribution in [-0.2, 0) is 14.3 Å². The Labute approximate surface area is 116 Å². The van der Waals surface area contributed by atoms with Crippen LogP contribution in [-0.4, -0.2) is 38.0 Å². The molecule has 0 bridgehead atoms. The normalized spacial score (nSPS) is 10.2. The molecule has 7 heteroatoms. The lowest BCUT2D eigenvalue weighted by atomic mass is 10.1. The quantitative estimate of drug-likeness (QED) is 0.628. The number of methoxy groups -OCH3 is 1. The summed E-state index contributed by atoms with van der Waals surface area (Å²) in [6, 6.07) is 0. The zero-order valence-corrected chi connectivity index (χ0v) is 11.9. The Morgan fingerprint density at radius 2 is 1.90 bits per heavy atom. The first-order chi connectivity index (χ1) is 9.42. The van der Waals surface area contributed by atoms with Gasteiger partial charge >= 0.3 is 5.97 Å². The molecule has 0 unspecified atom stereocenters. The van der Waals surface area contributed by atoms with Gasteiger partial charge in [0.15, 0.2) is 5.78 Å². The smallest absolute Gasteiger partial charge is 0.344 e. The molecule has 0 spiro atoms. The highest BCUT2D eigenvalue weighted by Gasteiger charge is 2.28. The van der Waals surface area contributed by atoms with E-state index in [1.54, 1.807) is 6.92 Å². The number of esters is 1. The van der Waals surface area contributed by atoms with Crippen LogP contribution >= 0.6 is 0 Å². The van der Waals surface area contributed by atoms with Crippen LogP contribution in [0, 0.1) is 6.92 Å². The molecule has 0 fully saturated rings. The van der Waals surface area contributed by atoms with Crippen molar-refractivity contribution >= 4 is 23.5 Å². The number of anilines is 1. The number of aryl methyl sites for hydroxylation is 1. The van der Waals surface area contributed by atoms with Gasteiger partial charge in [0, 0.05) is 7.11 Å². The third-order valence-corrected chi connectivity index (χ3v) is 2.44. The van der Waals surface area contributed by atoms with Crippen molar-refractivity contribution in [2.75, 3.05) is 25.6 Å². The first-order valence-electron chi connectivity index (χ1n) is 6.02. The Kier molecular flexibility index (Phi) is 5.45. The summed E-state index contributed by atoms with van der Waals surface area (Å²) in [6.07, 6.45) is 0. The topological polar surface area (TPSA) is 94.8 Å². The van der Waals surface area contributed by atoms with Gasteiger partial charge in [0.1, 0.15) is 17.9 Å². The molecular formula is C13H17NO6. The van der Waals surface area contributed by atoms with Gasteiger partial charge in [-0.15, -0.1) is 0 Å². The minimum atomic E-state index is -0.720. The minimum Gasteiger partial charge on any atom is -0.462 e. The van der Waals surface area contributed by atoms with Crippen LogP contribution in [0.25, 0.3) is 0 Å². The molecule has 0 saturated carbocycles. The van der Waals surface area contributed by atoms with E-state index in [2.05, 4.69) is 10.1 Å². The van der Waals surface area contributed by atoms with Gasteiger partial charge in [0.25, 0.3) is 5.91 Å². The van der Waals surface area contributed by atoms with Gasteiger partial charge in [-0.25, -0.2) is 4.79 Å². The largest absolute Gasteiger partial charge is 0.462 e. The zero-order valence-electron chi connectivity index (χ0n) is 11.9. The van der Waals surface area contributed by atoms with E-state index in [1.165, 1.54) is 21.0 Å². The highest BCUT2D eigenvalue weighted by Crippen LogP contribution is 2.28. The molecule has 0 aliphatic rings. The van der Waals surface area contributed by atoms with Gasteiger partial charge in [-0.1, -0.05) is 0 Å². The lowest BCUT2D eigenvalue weighted by molar-refractivity contribution is -0.119. The molecule has 0 radical (unpaired) electrons. The van der Waals surface area contributed by atoms with Crippen molar-refractivity contribution in [2.24, 2.45) is 0 Å². The van der Waals surface area contributed by atoms with E-state index >= 15 is 0 Å². The Morgan fingerprint density at radius 1 is 1.25 bits per heavy atom. The van der Waals surface area contributed by atoms with E-state index in [0.717, 1.165) is 0 Å². The lowest BCUT2D eigenvalue weighted by Crippen LogP contribution is -2.19. The van der Waals surface area contributed by atoms with E-state index in [9.17, 15) is 14.4 Å². The maximum absolute atomic E-state index is 11.9. The second kappa shape index (κ2) is 6.85. The van der Waals surface area contributed by atoms with Crippen LogP contribution in [0.4, 0.5) is 5.88 Å². The summed E-state index contributed by atoms with van der Waals surface area (Å²) < 4.78 is 14.8. The summed E-state index contributed by atoms with van der Waals surface area (Å²) in [7, 11) is 1.36. The molecule has 1 amide bonds. The molecule has 7 nitrogen and oxygen atoms in total. The Hall–Kier alpha value is -2.15. The predicted octanol–water partition coefficient (Wildman–Crippen LogP) is 1.55. The molecule has 0 saturated heterocycles. The summed E-state index contributed by atoms with van der Waals surface area (Å²) in [5, 5.41) is 2.38. The van der Waals surface area contributed by atoms with E-state index in [0.29, 0.717) is 0 Å². The average molecular weight is 283 g/mol. The van der Waals surface area contributed by atoms with Gasteiger partial charge < -0.3 is 13.9 Å². The third-order valence-electron chi connectivity index (χ3n) is 2.44. The number of ether oxygens (including phenoxy) is 2.